The summed E-state index contributed by atoms with van der Waals surface area (Å²) in [5.41, 5.74) is -1.69. The highest BCUT2D eigenvalue weighted by Gasteiger charge is 2.34. The molecular formula is C19H16F3N5O4. The average Bonchev–Trinajstić information content (AvgIpc) is 2.73. The van der Waals surface area contributed by atoms with Crippen molar-refractivity contribution in [2.75, 3.05) is 24.9 Å². The van der Waals surface area contributed by atoms with E-state index in [1.807, 2.05) is 0 Å². The van der Waals surface area contributed by atoms with Gasteiger partial charge in [0.05, 0.1) is 36.1 Å². The highest BCUT2D eigenvalue weighted by atomic mass is 19.4. The first-order valence-corrected chi connectivity index (χ1v) is 8.66. The normalized spacial score (nSPS) is 11.0. The lowest BCUT2D eigenvalue weighted by Crippen LogP contribution is -2.11. The van der Waals surface area contributed by atoms with Crippen molar-refractivity contribution in [2.45, 2.75) is 6.18 Å². The Morgan fingerprint density at radius 2 is 1.61 bits per heavy atom. The van der Waals surface area contributed by atoms with E-state index in [0.717, 1.165) is 18.5 Å². The first kappa shape index (κ1) is 21.6. The molecular weight excluding hydrogens is 419 g/mol. The number of halogens is 3. The van der Waals surface area contributed by atoms with Gasteiger partial charge in [-0.25, -0.2) is 9.97 Å². The molecule has 1 heterocycles. The quantitative estimate of drug-likeness (QED) is 0.398. The highest BCUT2D eigenvalue weighted by Crippen LogP contribution is 2.39. The number of hydrogen-bond acceptors (Lipinski definition) is 8. The van der Waals surface area contributed by atoms with Crippen LogP contribution in [0.5, 0.6) is 11.5 Å². The van der Waals surface area contributed by atoms with Crippen LogP contribution in [0.4, 0.5) is 41.9 Å². The number of benzene rings is 2. The second-order valence-electron chi connectivity index (χ2n) is 6.04. The summed E-state index contributed by atoms with van der Waals surface area (Å²) in [4.78, 5) is 18.6. The van der Waals surface area contributed by atoms with E-state index >= 15 is 0 Å². The zero-order valence-corrected chi connectivity index (χ0v) is 16.2. The van der Waals surface area contributed by atoms with Crippen molar-refractivity contribution in [2.24, 2.45) is 0 Å². The van der Waals surface area contributed by atoms with E-state index in [-0.39, 0.29) is 11.5 Å². The maximum Gasteiger partial charge on any atom is 0.418 e. The van der Waals surface area contributed by atoms with E-state index in [0.29, 0.717) is 17.2 Å². The Morgan fingerprint density at radius 3 is 2.19 bits per heavy atom. The lowest BCUT2D eigenvalue weighted by atomic mass is 10.1. The minimum atomic E-state index is -4.66. The van der Waals surface area contributed by atoms with Crippen LogP contribution in [0.2, 0.25) is 0 Å². The van der Waals surface area contributed by atoms with E-state index in [1.54, 1.807) is 18.2 Å². The number of ether oxygens (including phenoxy) is 2. The van der Waals surface area contributed by atoms with Gasteiger partial charge in [0.25, 0.3) is 0 Å². The van der Waals surface area contributed by atoms with Crippen molar-refractivity contribution in [1.29, 1.82) is 0 Å². The number of rotatable bonds is 7. The molecule has 3 aromatic rings. The van der Waals surface area contributed by atoms with Gasteiger partial charge >= 0.3 is 11.9 Å². The molecule has 9 nitrogen and oxygen atoms in total. The fourth-order valence-electron chi connectivity index (χ4n) is 2.73. The Bertz CT molecular complexity index is 1110. The number of anilines is 4. The zero-order chi connectivity index (χ0) is 22.6. The molecule has 0 aliphatic heterocycles. The molecule has 0 bridgehead atoms. The summed E-state index contributed by atoms with van der Waals surface area (Å²) >= 11 is 0. The van der Waals surface area contributed by atoms with E-state index in [2.05, 4.69) is 20.6 Å². The molecule has 0 atom stereocenters. The first-order valence-electron chi connectivity index (χ1n) is 8.66. The SMILES string of the molecule is COc1ccc(Nc2ncnc(Nc3ccccc3C(F)(F)F)c2[N+](=O)[O-])c(OC)c1. The van der Waals surface area contributed by atoms with Crippen molar-refractivity contribution < 1.29 is 27.6 Å². The third kappa shape index (κ3) is 4.74. The van der Waals surface area contributed by atoms with Crippen LogP contribution < -0.4 is 20.1 Å². The van der Waals surface area contributed by atoms with Gasteiger partial charge in [-0.1, -0.05) is 12.1 Å². The number of aromatic nitrogens is 2. The molecule has 0 amide bonds. The Kier molecular flexibility index (Phi) is 6.09. The summed E-state index contributed by atoms with van der Waals surface area (Å²) in [5, 5.41) is 16.9. The van der Waals surface area contributed by atoms with Crippen LogP contribution in [0.1, 0.15) is 5.56 Å². The van der Waals surface area contributed by atoms with Gasteiger partial charge in [0, 0.05) is 6.07 Å². The lowest BCUT2D eigenvalue weighted by Gasteiger charge is -2.15. The highest BCUT2D eigenvalue weighted by molar-refractivity contribution is 5.79. The maximum absolute atomic E-state index is 13.3. The van der Waals surface area contributed by atoms with Crippen LogP contribution in [0.15, 0.2) is 48.8 Å². The number of para-hydroxylation sites is 1. The molecule has 2 N–H and O–H groups in total. The molecule has 0 saturated heterocycles. The van der Waals surface area contributed by atoms with Gasteiger partial charge in [-0.15, -0.1) is 0 Å². The summed E-state index contributed by atoms with van der Waals surface area (Å²) in [6, 6.07) is 9.28. The Balaban J connectivity index is 2.03. The predicted molar refractivity (Wildman–Crippen MR) is 106 cm³/mol. The van der Waals surface area contributed by atoms with Crippen LogP contribution in [0.3, 0.4) is 0 Å². The third-order valence-electron chi connectivity index (χ3n) is 4.15. The van der Waals surface area contributed by atoms with E-state index in [1.165, 1.54) is 26.4 Å². The molecule has 0 spiro atoms. The van der Waals surface area contributed by atoms with Crippen LogP contribution in [-0.4, -0.2) is 29.1 Å². The van der Waals surface area contributed by atoms with E-state index < -0.39 is 28.2 Å². The van der Waals surface area contributed by atoms with Crippen LogP contribution in [-0.2, 0) is 6.18 Å². The second kappa shape index (κ2) is 8.73. The molecule has 162 valence electrons. The molecule has 0 unspecified atom stereocenters. The molecule has 0 saturated carbocycles. The maximum atomic E-state index is 13.3. The molecule has 0 aliphatic rings. The van der Waals surface area contributed by atoms with Gasteiger partial charge in [-0.3, -0.25) is 10.1 Å². The number of methoxy groups -OCH3 is 2. The molecule has 0 radical (unpaired) electrons. The molecule has 12 heteroatoms. The summed E-state index contributed by atoms with van der Waals surface area (Å²) in [6.45, 7) is 0. The summed E-state index contributed by atoms with van der Waals surface area (Å²) in [7, 11) is 2.86. The van der Waals surface area contributed by atoms with Gasteiger partial charge in [0.1, 0.15) is 17.8 Å². The fourth-order valence-corrected chi connectivity index (χ4v) is 2.73. The largest absolute Gasteiger partial charge is 0.497 e. The van der Waals surface area contributed by atoms with Crippen molar-refractivity contribution in [3.05, 3.63) is 64.5 Å². The van der Waals surface area contributed by atoms with Crippen LogP contribution in [0.25, 0.3) is 0 Å². The van der Waals surface area contributed by atoms with E-state index in [4.69, 9.17) is 9.47 Å². The molecule has 1 aromatic heterocycles. The summed E-state index contributed by atoms with van der Waals surface area (Å²) in [5.74, 6) is 0.150. The first-order chi connectivity index (χ1) is 14.7. The number of nitrogens with zero attached hydrogens (tertiary/aromatic N) is 3. The molecule has 0 aliphatic carbocycles. The minimum absolute atomic E-state index is 0.240. The topological polar surface area (TPSA) is 111 Å². The monoisotopic (exact) mass is 435 g/mol. The Morgan fingerprint density at radius 1 is 0.968 bits per heavy atom. The van der Waals surface area contributed by atoms with Crippen LogP contribution in [0, 0.1) is 10.1 Å². The van der Waals surface area contributed by atoms with Crippen molar-refractivity contribution in [1.82, 2.24) is 9.97 Å². The van der Waals surface area contributed by atoms with Gasteiger partial charge in [0.2, 0.25) is 11.6 Å². The molecule has 3 rings (SSSR count). The number of nitro groups is 1. The van der Waals surface area contributed by atoms with Gasteiger partial charge in [-0.2, -0.15) is 13.2 Å². The van der Waals surface area contributed by atoms with Gasteiger partial charge < -0.3 is 20.1 Å². The van der Waals surface area contributed by atoms with E-state index in [9.17, 15) is 23.3 Å². The Labute approximate surface area is 174 Å². The van der Waals surface area contributed by atoms with Gasteiger partial charge in [0.15, 0.2) is 0 Å². The fraction of sp³-hybridized carbons (Fsp3) is 0.158. The summed E-state index contributed by atoms with van der Waals surface area (Å²) in [6.07, 6.45) is -3.67. The summed E-state index contributed by atoms with van der Waals surface area (Å²) < 4.78 is 50.2. The Hall–Kier alpha value is -4.09. The minimum Gasteiger partial charge on any atom is -0.497 e. The van der Waals surface area contributed by atoms with Crippen molar-refractivity contribution >= 4 is 28.7 Å². The third-order valence-corrected chi connectivity index (χ3v) is 4.15. The lowest BCUT2D eigenvalue weighted by molar-refractivity contribution is -0.383. The van der Waals surface area contributed by atoms with Gasteiger partial charge in [-0.05, 0) is 24.3 Å². The average molecular weight is 435 g/mol. The smallest absolute Gasteiger partial charge is 0.418 e. The predicted octanol–water partition coefficient (Wildman–Crippen LogP) is 4.91. The van der Waals surface area contributed by atoms with Crippen molar-refractivity contribution in [3.63, 3.8) is 0 Å². The standard InChI is InChI=1S/C19H16F3N5O4/c1-30-11-7-8-14(15(9-11)31-2)26-18-16(27(28)29)17(23-10-24-18)25-13-6-4-3-5-12(13)19(20,21)22/h3-10H,1-2H3,(H2,23,24,25,26). The molecule has 31 heavy (non-hydrogen) atoms. The van der Waals surface area contributed by atoms with Crippen LogP contribution >= 0.6 is 0 Å². The molecule has 0 fully saturated rings. The number of hydrogen-bond donors (Lipinski definition) is 2. The molecule has 2 aromatic carbocycles. The zero-order valence-electron chi connectivity index (χ0n) is 16.2. The number of nitrogens with one attached hydrogen (secondary N) is 2. The second-order valence-corrected chi connectivity index (χ2v) is 6.04. The number of alkyl halides is 3. The van der Waals surface area contributed by atoms with Crippen molar-refractivity contribution in [3.8, 4) is 11.5 Å².